The molecule has 1 aromatic carbocycles. The smallest absolute Gasteiger partial charge is 0.224 e. The van der Waals surface area contributed by atoms with Gasteiger partial charge in [0.15, 0.2) is 0 Å². The molecule has 0 saturated heterocycles. The van der Waals surface area contributed by atoms with Crippen LogP contribution in [0.15, 0.2) is 48.8 Å². The zero-order valence-corrected chi connectivity index (χ0v) is 13.8. The molecule has 0 unspecified atom stereocenters. The second-order valence-corrected chi connectivity index (χ2v) is 5.80. The van der Waals surface area contributed by atoms with E-state index in [9.17, 15) is 4.79 Å². The van der Waals surface area contributed by atoms with E-state index in [4.69, 9.17) is 5.73 Å². The number of aromatic nitrogens is 2. The van der Waals surface area contributed by atoms with Crippen molar-refractivity contribution in [3.05, 3.63) is 54.4 Å². The summed E-state index contributed by atoms with van der Waals surface area (Å²) in [5.74, 6) is -0.0182. The maximum Gasteiger partial charge on any atom is 0.224 e. The summed E-state index contributed by atoms with van der Waals surface area (Å²) in [5, 5.41) is 2.89. The lowest BCUT2D eigenvalue weighted by Gasteiger charge is -2.05. The Labute approximate surface area is 141 Å². The maximum atomic E-state index is 11.8. The number of hydrogen-bond donors (Lipinski definition) is 2. The van der Waals surface area contributed by atoms with E-state index < -0.39 is 0 Å². The highest BCUT2D eigenvalue weighted by Gasteiger charge is 2.07. The van der Waals surface area contributed by atoms with E-state index in [1.807, 2.05) is 28.9 Å². The molecule has 0 aliphatic carbocycles. The third kappa shape index (κ3) is 3.63. The molecule has 0 aliphatic heterocycles. The first-order valence-corrected chi connectivity index (χ1v) is 8.27. The summed E-state index contributed by atoms with van der Waals surface area (Å²) in [6.45, 7) is 2.66. The zero-order valence-electron chi connectivity index (χ0n) is 13.8. The van der Waals surface area contributed by atoms with Crippen molar-refractivity contribution in [2.24, 2.45) is 5.73 Å². The molecule has 24 heavy (non-hydrogen) atoms. The summed E-state index contributed by atoms with van der Waals surface area (Å²) in [5.41, 5.74) is 10.4. The Morgan fingerprint density at radius 1 is 1.17 bits per heavy atom. The highest BCUT2D eigenvalue weighted by Crippen LogP contribution is 2.21. The number of imidazole rings is 1. The number of carbonyl (C=O) groups is 1. The van der Waals surface area contributed by atoms with Crippen molar-refractivity contribution in [2.45, 2.75) is 26.2 Å². The van der Waals surface area contributed by atoms with E-state index in [1.165, 1.54) is 5.56 Å². The summed E-state index contributed by atoms with van der Waals surface area (Å²) < 4.78 is 1.93. The minimum Gasteiger partial charge on any atom is -0.330 e. The average Bonchev–Trinajstić information content (AvgIpc) is 3.03. The molecule has 0 saturated carbocycles. The number of aryl methyl sites for hydroxylation is 1. The Morgan fingerprint density at radius 3 is 2.67 bits per heavy atom. The van der Waals surface area contributed by atoms with Crippen molar-refractivity contribution in [3.8, 4) is 11.3 Å². The Kier molecular flexibility index (Phi) is 4.91. The largest absolute Gasteiger partial charge is 0.330 e. The lowest BCUT2D eigenvalue weighted by molar-refractivity contribution is -0.116. The predicted octanol–water partition coefficient (Wildman–Crippen LogP) is 3.24. The fourth-order valence-corrected chi connectivity index (χ4v) is 2.60. The Balaban J connectivity index is 1.81. The molecule has 0 atom stereocenters. The van der Waals surface area contributed by atoms with Gasteiger partial charge in [0.1, 0.15) is 5.65 Å². The molecule has 0 bridgehead atoms. The molecule has 3 rings (SSSR count). The molecule has 5 nitrogen and oxygen atoms in total. The molecule has 3 aromatic rings. The van der Waals surface area contributed by atoms with Crippen molar-refractivity contribution in [2.75, 3.05) is 11.9 Å². The van der Waals surface area contributed by atoms with Gasteiger partial charge in [0.05, 0.1) is 11.4 Å². The quantitative estimate of drug-likeness (QED) is 0.732. The first-order valence-electron chi connectivity index (χ1n) is 8.27. The highest BCUT2D eigenvalue weighted by molar-refractivity contribution is 5.90. The van der Waals surface area contributed by atoms with Crippen LogP contribution in [0.1, 0.15) is 25.3 Å². The summed E-state index contributed by atoms with van der Waals surface area (Å²) in [6.07, 6.45) is 6.02. The van der Waals surface area contributed by atoms with Crippen LogP contribution < -0.4 is 11.1 Å². The van der Waals surface area contributed by atoms with Crippen LogP contribution in [-0.4, -0.2) is 21.8 Å². The fraction of sp³-hybridized carbons (Fsp3) is 0.263. The monoisotopic (exact) mass is 322 g/mol. The van der Waals surface area contributed by atoms with Crippen LogP contribution >= 0.6 is 0 Å². The van der Waals surface area contributed by atoms with Gasteiger partial charge in [0.25, 0.3) is 0 Å². The number of rotatable bonds is 6. The lowest BCUT2D eigenvalue weighted by Crippen LogP contribution is -2.13. The van der Waals surface area contributed by atoms with Gasteiger partial charge in [-0.3, -0.25) is 4.79 Å². The number of nitrogens with two attached hydrogens (primary N) is 1. The number of fused-ring (bicyclic) bond motifs is 1. The van der Waals surface area contributed by atoms with Crippen molar-refractivity contribution < 1.29 is 4.79 Å². The molecule has 0 aliphatic rings. The van der Waals surface area contributed by atoms with Gasteiger partial charge in [-0.1, -0.05) is 31.2 Å². The molecule has 0 fully saturated rings. The third-order valence-corrected chi connectivity index (χ3v) is 4.00. The first kappa shape index (κ1) is 16.2. The Bertz CT molecular complexity index is 836. The molecular weight excluding hydrogens is 300 g/mol. The topological polar surface area (TPSA) is 72.4 Å². The molecule has 2 aromatic heterocycles. The molecular formula is C19H22N4O. The van der Waals surface area contributed by atoms with Crippen LogP contribution in [0.3, 0.4) is 0 Å². The number of nitrogens with one attached hydrogen (secondary N) is 1. The van der Waals surface area contributed by atoms with E-state index in [2.05, 4.69) is 41.5 Å². The van der Waals surface area contributed by atoms with Crippen molar-refractivity contribution in [3.63, 3.8) is 0 Å². The summed E-state index contributed by atoms with van der Waals surface area (Å²) in [6, 6.07) is 12.2. The van der Waals surface area contributed by atoms with Gasteiger partial charge in [-0.2, -0.15) is 0 Å². The van der Waals surface area contributed by atoms with E-state index >= 15 is 0 Å². The van der Waals surface area contributed by atoms with E-state index in [0.717, 1.165) is 29.0 Å². The lowest BCUT2D eigenvalue weighted by atomic mass is 10.1. The minimum atomic E-state index is -0.0182. The van der Waals surface area contributed by atoms with Crippen LogP contribution in [0, 0.1) is 0 Å². The highest BCUT2D eigenvalue weighted by atomic mass is 16.1. The van der Waals surface area contributed by atoms with Crippen molar-refractivity contribution in [1.82, 2.24) is 9.38 Å². The van der Waals surface area contributed by atoms with E-state index in [-0.39, 0.29) is 5.91 Å². The average molecular weight is 322 g/mol. The van der Waals surface area contributed by atoms with Crippen LogP contribution in [0.4, 0.5) is 5.69 Å². The van der Waals surface area contributed by atoms with Crippen LogP contribution in [-0.2, 0) is 11.2 Å². The molecule has 124 valence electrons. The van der Waals surface area contributed by atoms with Crippen molar-refractivity contribution in [1.29, 1.82) is 0 Å². The molecule has 2 heterocycles. The third-order valence-electron chi connectivity index (χ3n) is 4.00. The SMILES string of the molecule is CCc1ccc(-c2cn3cc(NC(=O)CCCN)ccc3n2)cc1. The first-order chi connectivity index (χ1) is 11.7. The summed E-state index contributed by atoms with van der Waals surface area (Å²) in [4.78, 5) is 16.4. The van der Waals surface area contributed by atoms with Gasteiger partial charge in [0.2, 0.25) is 5.91 Å². The molecule has 1 amide bonds. The van der Waals surface area contributed by atoms with Gasteiger partial charge >= 0.3 is 0 Å². The van der Waals surface area contributed by atoms with Gasteiger partial charge in [0, 0.05) is 24.4 Å². The van der Waals surface area contributed by atoms with E-state index in [1.54, 1.807) is 0 Å². The number of benzene rings is 1. The van der Waals surface area contributed by atoms with Gasteiger partial charge in [-0.25, -0.2) is 4.98 Å². The number of amides is 1. The minimum absolute atomic E-state index is 0.0182. The zero-order chi connectivity index (χ0) is 16.9. The van der Waals surface area contributed by atoms with Crippen LogP contribution in [0.2, 0.25) is 0 Å². The Hall–Kier alpha value is -2.66. The van der Waals surface area contributed by atoms with Crippen LogP contribution in [0.25, 0.3) is 16.9 Å². The van der Waals surface area contributed by atoms with Gasteiger partial charge in [-0.05, 0) is 37.1 Å². The molecule has 0 spiro atoms. The molecule has 0 radical (unpaired) electrons. The number of anilines is 1. The number of pyridine rings is 1. The number of nitrogens with zero attached hydrogens (tertiary/aromatic N) is 2. The van der Waals surface area contributed by atoms with Gasteiger partial charge < -0.3 is 15.5 Å². The number of carbonyl (C=O) groups excluding carboxylic acids is 1. The molecule has 3 N–H and O–H groups in total. The second kappa shape index (κ2) is 7.27. The normalized spacial score (nSPS) is 10.9. The van der Waals surface area contributed by atoms with E-state index in [0.29, 0.717) is 19.4 Å². The second-order valence-electron chi connectivity index (χ2n) is 5.80. The predicted molar refractivity (Wildman–Crippen MR) is 96.9 cm³/mol. The number of hydrogen-bond acceptors (Lipinski definition) is 3. The Morgan fingerprint density at radius 2 is 1.96 bits per heavy atom. The maximum absolute atomic E-state index is 11.8. The standard InChI is InChI=1S/C19H22N4O/c1-2-14-5-7-15(8-6-14)17-13-23-12-16(9-10-18(23)22-17)21-19(24)4-3-11-20/h5-10,12-13H,2-4,11,20H2,1H3,(H,21,24). The molecule has 5 heteroatoms. The summed E-state index contributed by atoms with van der Waals surface area (Å²) >= 11 is 0. The fourth-order valence-electron chi connectivity index (χ4n) is 2.60. The van der Waals surface area contributed by atoms with Crippen molar-refractivity contribution >= 4 is 17.2 Å². The van der Waals surface area contributed by atoms with Gasteiger partial charge in [-0.15, -0.1) is 0 Å². The summed E-state index contributed by atoms with van der Waals surface area (Å²) in [7, 11) is 0. The van der Waals surface area contributed by atoms with Crippen LogP contribution in [0.5, 0.6) is 0 Å².